The van der Waals surface area contributed by atoms with Gasteiger partial charge in [-0.25, -0.2) is 9.59 Å². The summed E-state index contributed by atoms with van der Waals surface area (Å²) in [6.45, 7) is 11.4. The lowest BCUT2D eigenvalue weighted by Gasteiger charge is -2.50. The van der Waals surface area contributed by atoms with Gasteiger partial charge in [0.25, 0.3) is 0 Å². The number of aliphatic hydroxyl groups is 1. The lowest BCUT2D eigenvalue weighted by molar-refractivity contribution is -0.162. The highest BCUT2D eigenvalue weighted by molar-refractivity contribution is 8.07. The summed E-state index contributed by atoms with van der Waals surface area (Å²) >= 11 is 2.94. The number of ether oxygens (including phenoxy) is 1. The summed E-state index contributed by atoms with van der Waals surface area (Å²) in [5.41, 5.74) is 1.00. The molecule has 0 aromatic carbocycles. The molecule has 6 atom stereocenters. The van der Waals surface area contributed by atoms with E-state index in [1.807, 2.05) is 19.1 Å². The Hall–Kier alpha value is -2.76. The van der Waals surface area contributed by atoms with Gasteiger partial charge in [-0.05, 0) is 44.4 Å². The minimum Gasteiger partial charge on any atom is -0.477 e. The average molecular weight is 560 g/mol. The highest BCUT2D eigenvalue weighted by atomic mass is 32.2. The number of carboxylic acid groups (broad SMARTS) is 1. The number of thioether (sulfide) groups is 2. The van der Waals surface area contributed by atoms with E-state index in [9.17, 15) is 24.6 Å². The lowest BCUT2D eigenvalue weighted by Crippen LogP contribution is -2.67. The first kappa shape index (κ1) is 28.3. The van der Waals surface area contributed by atoms with Crippen LogP contribution in [-0.2, 0) is 20.7 Å². The third-order valence-corrected chi connectivity index (χ3v) is 10.4. The van der Waals surface area contributed by atoms with Gasteiger partial charge in [0.05, 0.1) is 22.8 Å². The van der Waals surface area contributed by atoms with Crippen molar-refractivity contribution in [1.82, 2.24) is 14.8 Å². The first-order valence-corrected chi connectivity index (χ1v) is 14.3. The predicted molar refractivity (Wildman–Crippen MR) is 148 cm³/mol. The molecule has 1 aromatic rings. The van der Waals surface area contributed by atoms with Crippen LogP contribution in [-0.4, -0.2) is 90.1 Å². The van der Waals surface area contributed by atoms with E-state index in [1.165, 1.54) is 34.5 Å². The zero-order valence-corrected chi connectivity index (χ0v) is 23.1. The van der Waals surface area contributed by atoms with Crippen molar-refractivity contribution in [2.45, 2.75) is 54.9 Å². The van der Waals surface area contributed by atoms with Crippen molar-refractivity contribution in [2.24, 2.45) is 5.92 Å². The van der Waals surface area contributed by atoms with Crippen LogP contribution in [0.5, 0.6) is 0 Å². The molecule has 0 radical (unpaired) electrons. The Morgan fingerprint density at radius 1 is 1.32 bits per heavy atom. The molecule has 204 valence electrons. The fraction of sp³-hybridized carbons (Fsp3) is 0.481. The van der Waals surface area contributed by atoms with E-state index < -0.39 is 34.9 Å². The van der Waals surface area contributed by atoms with E-state index in [-0.39, 0.29) is 29.5 Å². The average Bonchev–Trinajstić information content (AvgIpc) is 3.37. The molecule has 9 nitrogen and oxygen atoms in total. The molecule has 4 rings (SSSR count). The number of hydrogen-bond acceptors (Lipinski definition) is 8. The molecular formula is C27H33N3O6S2. The van der Waals surface area contributed by atoms with Gasteiger partial charge in [-0.15, -0.1) is 30.1 Å². The van der Waals surface area contributed by atoms with Crippen LogP contribution >= 0.6 is 23.5 Å². The normalized spacial score (nSPS) is 29.1. The largest absolute Gasteiger partial charge is 0.477 e. The van der Waals surface area contributed by atoms with E-state index >= 15 is 0 Å². The van der Waals surface area contributed by atoms with E-state index in [2.05, 4.69) is 18.1 Å². The number of aliphatic carboxylic acids is 1. The smallest absolute Gasteiger partial charge is 0.410 e. The number of aromatic nitrogens is 1. The van der Waals surface area contributed by atoms with E-state index in [4.69, 9.17) is 4.74 Å². The monoisotopic (exact) mass is 559 g/mol. The molecule has 2 N–H and O–H groups in total. The van der Waals surface area contributed by atoms with Crippen molar-refractivity contribution in [3.8, 4) is 0 Å². The van der Waals surface area contributed by atoms with Gasteiger partial charge in [-0.1, -0.05) is 18.7 Å². The van der Waals surface area contributed by atoms with E-state index in [0.717, 1.165) is 5.56 Å². The zero-order chi connectivity index (χ0) is 27.6. The summed E-state index contributed by atoms with van der Waals surface area (Å²) in [6, 6.07) is 3.19. The van der Waals surface area contributed by atoms with Crippen LogP contribution in [0.25, 0.3) is 0 Å². The number of hydrogen-bond donors (Lipinski definition) is 2. The Morgan fingerprint density at radius 2 is 2.03 bits per heavy atom. The van der Waals surface area contributed by atoms with Gasteiger partial charge in [-0.3, -0.25) is 14.7 Å². The van der Waals surface area contributed by atoms with E-state index in [1.54, 1.807) is 30.3 Å². The number of aliphatic hydroxyl groups excluding tert-OH is 1. The molecule has 0 spiro atoms. The summed E-state index contributed by atoms with van der Waals surface area (Å²) < 4.78 is 4.61. The quantitative estimate of drug-likeness (QED) is 0.311. The molecule has 11 heteroatoms. The van der Waals surface area contributed by atoms with Crippen molar-refractivity contribution in [1.29, 1.82) is 0 Å². The second-order valence-electron chi connectivity index (χ2n) is 9.82. The van der Waals surface area contributed by atoms with Crippen LogP contribution in [0.3, 0.4) is 0 Å². The van der Waals surface area contributed by atoms with Crippen molar-refractivity contribution in [3.63, 3.8) is 0 Å². The number of carboxylic acids is 1. The summed E-state index contributed by atoms with van der Waals surface area (Å²) in [6.07, 6.45) is 6.56. The molecule has 0 aliphatic carbocycles. The van der Waals surface area contributed by atoms with Crippen LogP contribution in [0, 0.1) is 5.92 Å². The number of rotatable bonds is 11. The standard InChI is InChI=1S/C27H33N3O6S2/c1-5-11-36-26(35)29-15-19(14-18(29)13-17-7-9-28-10-8-17)38-23-21(25(33)34)30-22(20(16(3)31)24(30)32)27(23,4)37-12-6-2/h5-10,16,18-20,22,31H,1-2,11-15H2,3-4H3,(H,33,34)/t16-,18-,19+,20-,22+,27-/m1/s1. The second-order valence-corrected chi connectivity index (χ2v) is 12.6. The number of carbonyl (C=O) groups excluding carboxylic acids is 2. The molecule has 2 fully saturated rings. The van der Waals surface area contributed by atoms with Crippen molar-refractivity contribution < 1.29 is 29.3 Å². The third-order valence-electron chi connectivity index (χ3n) is 7.28. The van der Waals surface area contributed by atoms with Gasteiger partial charge in [0.2, 0.25) is 5.91 Å². The Labute approximate surface area is 231 Å². The van der Waals surface area contributed by atoms with Gasteiger partial charge in [0, 0.05) is 40.9 Å². The Kier molecular flexibility index (Phi) is 8.59. The zero-order valence-electron chi connectivity index (χ0n) is 21.5. The highest BCUT2D eigenvalue weighted by Gasteiger charge is 2.66. The highest BCUT2D eigenvalue weighted by Crippen LogP contribution is 2.59. The number of likely N-dealkylation sites (tertiary alicyclic amines) is 1. The van der Waals surface area contributed by atoms with Gasteiger partial charge < -0.3 is 19.8 Å². The maximum Gasteiger partial charge on any atom is 0.410 e. The maximum absolute atomic E-state index is 13.0. The first-order chi connectivity index (χ1) is 18.1. The number of pyridine rings is 1. The Balaban J connectivity index is 1.65. The van der Waals surface area contributed by atoms with Crippen molar-refractivity contribution >= 4 is 41.5 Å². The van der Waals surface area contributed by atoms with Gasteiger partial charge in [0.15, 0.2) is 0 Å². The minimum absolute atomic E-state index is 0.0284. The van der Waals surface area contributed by atoms with Crippen LogP contribution < -0.4 is 0 Å². The number of fused-ring (bicyclic) bond motifs is 1. The summed E-state index contributed by atoms with van der Waals surface area (Å²) in [7, 11) is 0. The molecule has 0 saturated carbocycles. The molecule has 2 amide bonds. The van der Waals surface area contributed by atoms with Crippen LogP contribution in [0.1, 0.15) is 25.8 Å². The topological polar surface area (TPSA) is 120 Å². The second kappa shape index (κ2) is 11.5. The van der Waals surface area contributed by atoms with Crippen LogP contribution in [0.4, 0.5) is 4.79 Å². The molecule has 38 heavy (non-hydrogen) atoms. The fourth-order valence-corrected chi connectivity index (χ4v) is 8.58. The molecule has 3 aliphatic rings. The SMILES string of the molecule is C=CCOC(=O)N1C[C@@H](SC2=C(C(=O)O)N3C(=O)[C@H]([C@@H](C)O)[C@H]3[C@@]2(C)SCC=C)C[C@H]1Cc1ccncc1. The van der Waals surface area contributed by atoms with E-state index in [0.29, 0.717) is 30.0 Å². The molecule has 4 heterocycles. The number of nitrogens with zero attached hydrogens (tertiary/aromatic N) is 3. The molecule has 1 aromatic heterocycles. The molecule has 0 unspecified atom stereocenters. The number of carbonyl (C=O) groups is 3. The molecule has 3 aliphatic heterocycles. The van der Waals surface area contributed by atoms with Crippen molar-refractivity contribution in [3.05, 3.63) is 66.0 Å². The number of amides is 2. The maximum atomic E-state index is 13.0. The van der Waals surface area contributed by atoms with Gasteiger partial charge in [0.1, 0.15) is 12.3 Å². The Morgan fingerprint density at radius 3 is 2.63 bits per heavy atom. The number of β-lactam (4-membered cyclic amide) rings is 1. The van der Waals surface area contributed by atoms with Crippen LogP contribution in [0.15, 0.2) is 60.4 Å². The van der Waals surface area contributed by atoms with Gasteiger partial charge in [-0.2, -0.15) is 0 Å². The van der Waals surface area contributed by atoms with Gasteiger partial charge >= 0.3 is 12.1 Å². The molecule has 2 saturated heterocycles. The fourth-order valence-electron chi connectivity index (χ4n) is 5.60. The third kappa shape index (κ3) is 5.11. The minimum atomic E-state index is -1.17. The summed E-state index contributed by atoms with van der Waals surface area (Å²) in [5, 5.41) is 20.5. The first-order valence-electron chi connectivity index (χ1n) is 12.5. The molecular weight excluding hydrogens is 526 g/mol. The Bertz CT molecular complexity index is 1140. The predicted octanol–water partition coefficient (Wildman–Crippen LogP) is 3.32. The molecule has 0 bridgehead atoms. The summed E-state index contributed by atoms with van der Waals surface area (Å²) in [4.78, 5) is 46.1. The summed E-state index contributed by atoms with van der Waals surface area (Å²) in [5.74, 6) is -1.68. The van der Waals surface area contributed by atoms with Crippen molar-refractivity contribution in [2.75, 3.05) is 18.9 Å². The lowest BCUT2D eigenvalue weighted by atomic mass is 9.78. The van der Waals surface area contributed by atoms with Crippen LogP contribution in [0.2, 0.25) is 0 Å².